The molecule has 0 radical (unpaired) electrons. The van der Waals surface area contributed by atoms with E-state index in [4.69, 9.17) is 5.11 Å². The molecule has 0 saturated heterocycles. The summed E-state index contributed by atoms with van der Waals surface area (Å²) < 4.78 is 0. The number of aryl methyl sites for hydroxylation is 1. The summed E-state index contributed by atoms with van der Waals surface area (Å²) in [5.41, 5.74) is 2.75. The second-order valence-corrected chi connectivity index (χ2v) is 4.20. The quantitative estimate of drug-likeness (QED) is 0.652. The molecule has 6 nitrogen and oxygen atoms in total. The normalized spacial score (nSPS) is 10.4. The highest BCUT2D eigenvalue weighted by Crippen LogP contribution is 2.30. The molecule has 0 spiro atoms. The van der Waals surface area contributed by atoms with Crippen molar-refractivity contribution in [2.24, 2.45) is 0 Å². The largest absolute Gasteiger partial charge is 0.481 e. The van der Waals surface area contributed by atoms with Crippen LogP contribution in [0, 0.1) is 17.0 Å². The van der Waals surface area contributed by atoms with Crippen LogP contribution in [0.5, 0.6) is 0 Å². The highest BCUT2D eigenvalue weighted by molar-refractivity contribution is 5.78. The number of carboxylic acid groups (broad SMARTS) is 1. The maximum atomic E-state index is 10.8. The van der Waals surface area contributed by atoms with Gasteiger partial charge in [-0.3, -0.25) is 14.9 Å². The number of aliphatic carboxylic acids is 1. The highest BCUT2D eigenvalue weighted by Gasteiger charge is 2.15. The minimum atomic E-state index is -0.950. The van der Waals surface area contributed by atoms with Gasteiger partial charge in [-0.1, -0.05) is 12.1 Å². The number of rotatable bonds is 4. The number of nitrogens with zero attached hydrogens (tertiary/aromatic N) is 1. The Bertz CT molecular complexity index is 646. The van der Waals surface area contributed by atoms with Crippen molar-refractivity contribution in [2.75, 3.05) is 0 Å². The summed E-state index contributed by atoms with van der Waals surface area (Å²) in [7, 11) is 0. The molecule has 0 fully saturated rings. The molecule has 98 valence electrons. The van der Waals surface area contributed by atoms with E-state index in [9.17, 15) is 14.9 Å². The lowest BCUT2D eigenvalue weighted by Gasteiger charge is -2.04. The second-order valence-electron chi connectivity index (χ2n) is 4.20. The van der Waals surface area contributed by atoms with Crippen LogP contribution in [0.1, 0.15) is 11.3 Å². The summed E-state index contributed by atoms with van der Waals surface area (Å²) in [6, 6.07) is 6.17. The molecule has 2 N–H and O–H groups in total. The van der Waals surface area contributed by atoms with Gasteiger partial charge in [0.25, 0.3) is 5.69 Å². The topological polar surface area (TPSA) is 96.2 Å². The van der Waals surface area contributed by atoms with E-state index in [2.05, 4.69) is 4.98 Å². The Morgan fingerprint density at radius 1 is 1.47 bits per heavy atom. The van der Waals surface area contributed by atoms with Gasteiger partial charge in [0.15, 0.2) is 0 Å². The molecular weight excluding hydrogens is 248 g/mol. The molecule has 1 aromatic carbocycles. The molecule has 0 bridgehead atoms. The number of nitro benzene ring substituents is 1. The van der Waals surface area contributed by atoms with Gasteiger partial charge < -0.3 is 10.1 Å². The Hall–Kier alpha value is -2.63. The lowest BCUT2D eigenvalue weighted by Crippen LogP contribution is -2.02. The zero-order valence-electron chi connectivity index (χ0n) is 10.2. The second kappa shape index (κ2) is 4.93. The average molecular weight is 260 g/mol. The number of benzene rings is 1. The summed E-state index contributed by atoms with van der Waals surface area (Å²) in [5, 5.41) is 19.6. The predicted octanol–water partition coefficient (Wildman–Crippen LogP) is 2.53. The third kappa shape index (κ3) is 2.62. The Morgan fingerprint density at radius 2 is 2.21 bits per heavy atom. The van der Waals surface area contributed by atoms with Crippen LogP contribution in [0.4, 0.5) is 5.69 Å². The first-order chi connectivity index (χ1) is 8.99. The van der Waals surface area contributed by atoms with Crippen LogP contribution in [-0.2, 0) is 11.2 Å². The smallest absolute Gasteiger partial charge is 0.309 e. The lowest BCUT2D eigenvalue weighted by atomic mass is 10.0. The van der Waals surface area contributed by atoms with Crippen molar-refractivity contribution >= 4 is 11.7 Å². The third-order valence-electron chi connectivity index (χ3n) is 2.83. The molecular formula is C13H12N2O4. The van der Waals surface area contributed by atoms with Crippen LogP contribution in [0.15, 0.2) is 30.5 Å². The van der Waals surface area contributed by atoms with Crippen LogP contribution < -0.4 is 0 Å². The van der Waals surface area contributed by atoms with Gasteiger partial charge >= 0.3 is 5.97 Å². The van der Waals surface area contributed by atoms with Gasteiger partial charge in [-0.25, -0.2) is 0 Å². The Kier molecular flexibility index (Phi) is 3.33. The van der Waals surface area contributed by atoms with Crippen LogP contribution in [-0.4, -0.2) is 21.0 Å². The number of hydrogen-bond acceptors (Lipinski definition) is 3. The molecule has 0 aliphatic heterocycles. The SMILES string of the molecule is Cc1c[nH]c(CC(=O)O)c1-c1cccc([N+](=O)[O-])c1. The number of aromatic nitrogens is 1. The summed E-state index contributed by atoms with van der Waals surface area (Å²) in [5.74, 6) is -0.950. The summed E-state index contributed by atoms with van der Waals surface area (Å²) in [6.45, 7) is 1.83. The third-order valence-corrected chi connectivity index (χ3v) is 2.83. The molecule has 0 unspecified atom stereocenters. The number of H-pyrrole nitrogens is 1. The van der Waals surface area contributed by atoms with Crippen molar-refractivity contribution in [3.63, 3.8) is 0 Å². The summed E-state index contributed by atoms with van der Waals surface area (Å²) in [4.78, 5) is 24.0. The number of nitro groups is 1. The number of nitrogens with one attached hydrogen (secondary N) is 1. The van der Waals surface area contributed by atoms with E-state index in [1.807, 2.05) is 6.92 Å². The van der Waals surface area contributed by atoms with E-state index in [1.165, 1.54) is 12.1 Å². The molecule has 19 heavy (non-hydrogen) atoms. The maximum Gasteiger partial charge on any atom is 0.309 e. The predicted molar refractivity (Wildman–Crippen MR) is 69.0 cm³/mol. The fraction of sp³-hybridized carbons (Fsp3) is 0.154. The zero-order chi connectivity index (χ0) is 14.0. The van der Waals surface area contributed by atoms with Crippen molar-refractivity contribution in [3.05, 3.63) is 51.8 Å². The number of hydrogen-bond donors (Lipinski definition) is 2. The monoisotopic (exact) mass is 260 g/mol. The molecule has 0 amide bonds. The van der Waals surface area contributed by atoms with Crippen molar-refractivity contribution in [2.45, 2.75) is 13.3 Å². The van der Waals surface area contributed by atoms with Gasteiger partial charge in [0.1, 0.15) is 0 Å². The standard InChI is InChI=1S/C13H12N2O4/c1-8-7-14-11(6-12(16)17)13(8)9-3-2-4-10(5-9)15(18)19/h2-5,7,14H,6H2,1H3,(H,16,17). The molecule has 0 aliphatic rings. The van der Waals surface area contributed by atoms with Gasteiger partial charge in [0.2, 0.25) is 0 Å². The van der Waals surface area contributed by atoms with Crippen molar-refractivity contribution in [3.8, 4) is 11.1 Å². The van der Waals surface area contributed by atoms with Gasteiger partial charge in [0.05, 0.1) is 11.3 Å². The fourth-order valence-electron chi connectivity index (χ4n) is 2.05. The summed E-state index contributed by atoms with van der Waals surface area (Å²) in [6.07, 6.45) is 1.55. The molecule has 0 saturated carbocycles. The number of carbonyl (C=O) groups is 1. The van der Waals surface area contributed by atoms with Crippen LogP contribution in [0.2, 0.25) is 0 Å². The Labute approximate surface area is 108 Å². The van der Waals surface area contributed by atoms with E-state index < -0.39 is 10.9 Å². The van der Waals surface area contributed by atoms with Gasteiger partial charge in [-0.05, 0) is 18.1 Å². The highest BCUT2D eigenvalue weighted by atomic mass is 16.6. The Balaban J connectivity index is 2.52. The van der Waals surface area contributed by atoms with Gasteiger partial charge in [0, 0.05) is 29.6 Å². The molecule has 0 atom stereocenters. The van der Waals surface area contributed by atoms with Gasteiger partial charge in [-0.15, -0.1) is 0 Å². The molecule has 6 heteroatoms. The first-order valence-electron chi connectivity index (χ1n) is 5.62. The minimum absolute atomic E-state index is 0.0145. The van der Waals surface area contributed by atoms with Crippen LogP contribution >= 0.6 is 0 Å². The van der Waals surface area contributed by atoms with E-state index >= 15 is 0 Å². The number of non-ortho nitro benzene ring substituents is 1. The number of carboxylic acids is 1. The lowest BCUT2D eigenvalue weighted by molar-refractivity contribution is -0.384. The maximum absolute atomic E-state index is 10.8. The van der Waals surface area contributed by atoms with E-state index in [-0.39, 0.29) is 12.1 Å². The first kappa shape index (κ1) is 12.8. The van der Waals surface area contributed by atoms with E-state index in [0.717, 1.165) is 5.56 Å². The zero-order valence-corrected chi connectivity index (χ0v) is 10.2. The molecule has 2 rings (SSSR count). The molecule has 1 heterocycles. The van der Waals surface area contributed by atoms with Crippen LogP contribution in [0.25, 0.3) is 11.1 Å². The Morgan fingerprint density at radius 3 is 2.84 bits per heavy atom. The van der Waals surface area contributed by atoms with E-state index in [0.29, 0.717) is 16.8 Å². The molecule has 2 aromatic rings. The minimum Gasteiger partial charge on any atom is -0.481 e. The molecule has 0 aliphatic carbocycles. The van der Waals surface area contributed by atoms with Crippen LogP contribution in [0.3, 0.4) is 0 Å². The first-order valence-corrected chi connectivity index (χ1v) is 5.62. The van der Waals surface area contributed by atoms with Crippen molar-refractivity contribution in [1.29, 1.82) is 0 Å². The van der Waals surface area contributed by atoms with Crippen molar-refractivity contribution in [1.82, 2.24) is 4.98 Å². The number of aromatic amines is 1. The molecule has 1 aromatic heterocycles. The van der Waals surface area contributed by atoms with E-state index in [1.54, 1.807) is 18.3 Å². The fourth-order valence-corrected chi connectivity index (χ4v) is 2.05. The van der Waals surface area contributed by atoms with Gasteiger partial charge in [-0.2, -0.15) is 0 Å². The summed E-state index contributed by atoms with van der Waals surface area (Å²) >= 11 is 0. The van der Waals surface area contributed by atoms with Crippen molar-refractivity contribution < 1.29 is 14.8 Å². The average Bonchev–Trinajstić information content (AvgIpc) is 2.69.